The van der Waals surface area contributed by atoms with Gasteiger partial charge in [0.2, 0.25) is 0 Å². The van der Waals surface area contributed by atoms with E-state index in [4.69, 9.17) is 10.00 Å². The van der Waals surface area contributed by atoms with Crippen molar-refractivity contribution in [2.24, 2.45) is 0 Å². The first-order chi connectivity index (χ1) is 7.28. The van der Waals surface area contributed by atoms with E-state index in [1.807, 2.05) is 0 Å². The minimum absolute atomic E-state index is 0.00336. The summed E-state index contributed by atoms with van der Waals surface area (Å²) < 4.78 is 19.9. The largest absolute Gasteiger partial charge is 0.529 e. The second kappa shape index (κ2) is 7.19. The first-order valence-corrected chi connectivity index (χ1v) is 6.81. The third-order valence-corrected chi connectivity index (χ3v) is 3.00. The predicted octanol–water partition coefficient (Wildman–Crippen LogP) is 1.37. The fraction of sp³-hybridized carbons (Fsp3) is 0.625. The standard InChI is InChI=1S/C8H14BrO6P/c1-6(2)8(11)15-16(12,13)14-5-7(9)3-4-10/h7,10H,1,3-5H2,2H3,(H,12,13). The van der Waals surface area contributed by atoms with Gasteiger partial charge in [-0.05, 0) is 13.3 Å². The molecule has 0 aliphatic carbocycles. The molecule has 0 aromatic rings. The Morgan fingerprint density at radius 2 is 2.19 bits per heavy atom. The van der Waals surface area contributed by atoms with Crippen LogP contribution in [0.2, 0.25) is 0 Å². The maximum Gasteiger partial charge on any atom is 0.529 e. The summed E-state index contributed by atoms with van der Waals surface area (Å²) in [5, 5.41) is 8.57. The highest BCUT2D eigenvalue weighted by Crippen LogP contribution is 2.44. The van der Waals surface area contributed by atoms with Crippen LogP contribution in [-0.4, -0.2) is 34.0 Å². The summed E-state index contributed by atoms with van der Waals surface area (Å²) >= 11 is 3.11. The summed E-state index contributed by atoms with van der Waals surface area (Å²) in [5.74, 6) is -0.987. The van der Waals surface area contributed by atoms with Crippen molar-refractivity contribution in [2.45, 2.75) is 18.2 Å². The average Bonchev–Trinajstić information content (AvgIpc) is 2.14. The van der Waals surface area contributed by atoms with Crippen molar-refractivity contribution in [3.8, 4) is 0 Å². The Morgan fingerprint density at radius 1 is 1.62 bits per heavy atom. The first-order valence-electron chi connectivity index (χ1n) is 4.40. The van der Waals surface area contributed by atoms with Crippen LogP contribution in [0.15, 0.2) is 12.2 Å². The second-order valence-corrected chi connectivity index (χ2v) is 5.71. The number of hydrogen-bond donors (Lipinski definition) is 2. The molecule has 0 saturated heterocycles. The minimum Gasteiger partial charge on any atom is -0.396 e. The summed E-state index contributed by atoms with van der Waals surface area (Å²) in [4.78, 5) is 19.8. The fourth-order valence-electron chi connectivity index (χ4n) is 0.608. The molecule has 94 valence electrons. The van der Waals surface area contributed by atoms with E-state index >= 15 is 0 Å². The number of phosphoric acid groups is 1. The van der Waals surface area contributed by atoms with Gasteiger partial charge >= 0.3 is 13.8 Å². The Balaban J connectivity index is 4.10. The van der Waals surface area contributed by atoms with E-state index in [1.54, 1.807) is 0 Å². The minimum atomic E-state index is -4.40. The monoisotopic (exact) mass is 316 g/mol. The molecule has 2 unspecified atom stereocenters. The smallest absolute Gasteiger partial charge is 0.396 e. The van der Waals surface area contributed by atoms with E-state index < -0.39 is 13.8 Å². The van der Waals surface area contributed by atoms with Gasteiger partial charge < -0.3 is 9.63 Å². The van der Waals surface area contributed by atoms with Gasteiger partial charge in [0.1, 0.15) is 0 Å². The van der Waals surface area contributed by atoms with E-state index in [2.05, 4.69) is 31.6 Å². The topological polar surface area (TPSA) is 93.1 Å². The van der Waals surface area contributed by atoms with Gasteiger partial charge in [0.15, 0.2) is 0 Å². The van der Waals surface area contributed by atoms with E-state index in [1.165, 1.54) is 6.92 Å². The Hall–Kier alpha value is -0.200. The molecular formula is C8H14BrO6P. The lowest BCUT2D eigenvalue weighted by Gasteiger charge is -2.13. The summed E-state index contributed by atoms with van der Waals surface area (Å²) in [6.07, 6.45) is 0.356. The van der Waals surface area contributed by atoms with E-state index in [-0.39, 0.29) is 23.6 Å². The summed E-state index contributed by atoms with van der Waals surface area (Å²) in [6, 6.07) is 0. The van der Waals surface area contributed by atoms with Crippen molar-refractivity contribution >= 4 is 29.7 Å². The highest BCUT2D eigenvalue weighted by atomic mass is 79.9. The molecular weight excluding hydrogens is 303 g/mol. The molecule has 0 radical (unpaired) electrons. The lowest BCUT2D eigenvalue weighted by Crippen LogP contribution is -2.12. The van der Waals surface area contributed by atoms with Gasteiger partial charge in [0.25, 0.3) is 0 Å². The molecule has 0 amide bonds. The first kappa shape index (κ1) is 15.8. The number of carbonyl (C=O) groups excluding carboxylic acids is 1. The lowest BCUT2D eigenvalue weighted by molar-refractivity contribution is -0.131. The number of hydrogen-bond acceptors (Lipinski definition) is 5. The highest BCUT2D eigenvalue weighted by molar-refractivity contribution is 9.09. The van der Waals surface area contributed by atoms with Crippen molar-refractivity contribution in [3.05, 3.63) is 12.2 Å². The molecule has 16 heavy (non-hydrogen) atoms. The third kappa shape index (κ3) is 7.14. The van der Waals surface area contributed by atoms with Crippen LogP contribution in [0.3, 0.4) is 0 Å². The SMILES string of the molecule is C=C(C)C(=O)OP(=O)(O)OCC(Br)CCO. The molecule has 2 N–H and O–H groups in total. The average molecular weight is 317 g/mol. The van der Waals surface area contributed by atoms with E-state index in [0.29, 0.717) is 6.42 Å². The molecule has 6 nitrogen and oxygen atoms in total. The molecule has 0 spiro atoms. The van der Waals surface area contributed by atoms with Crippen LogP contribution in [0.5, 0.6) is 0 Å². The number of phosphoric ester groups is 1. The molecule has 0 aromatic carbocycles. The Kier molecular flexibility index (Phi) is 7.10. The fourth-order valence-corrected chi connectivity index (χ4v) is 1.94. The molecule has 8 heteroatoms. The van der Waals surface area contributed by atoms with Crippen molar-refractivity contribution < 1.29 is 28.4 Å². The van der Waals surface area contributed by atoms with E-state index in [0.717, 1.165) is 0 Å². The maximum absolute atomic E-state index is 11.2. The van der Waals surface area contributed by atoms with Crippen LogP contribution >= 0.6 is 23.8 Å². The van der Waals surface area contributed by atoms with Crippen molar-refractivity contribution in [2.75, 3.05) is 13.2 Å². The number of rotatable bonds is 7. The van der Waals surface area contributed by atoms with Crippen LogP contribution < -0.4 is 0 Å². The van der Waals surface area contributed by atoms with Crippen molar-refractivity contribution in [1.82, 2.24) is 0 Å². The molecule has 0 aliphatic heterocycles. The Labute approximate surface area is 102 Å². The second-order valence-electron chi connectivity index (χ2n) is 3.03. The van der Waals surface area contributed by atoms with Gasteiger partial charge in [-0.15, -0.1) is 0 Å². The zero-order chi connectivity index (χ0) is 12.8. The van der Waals surface area contributed by atoms with Gasteiger partial charge in [0, 0.05) is 17.0 Å². The molecule has 0 aliphatic rings. The van der Waals surface area contributed by atoms with Gasteiger partial charge in [-0.3, -0.25) is 9.42 Å². The van der Waals surface area contributed by atoms with Crippen LogP contribution in [0.4, 0.5) is 0 Å². The number of aliphatic hydroxyl groups excluding tert-OH is 1. The van der Waals surface area contributed by atoms with Crippen molar-refractivity contribution in [3.63, 3.8) is 0 Å². The third-order valence-electron chi connectivity index (χ3n) is 1.41. The van der Waals surface area contributed by atoms with Crippen LogP contribution in [0.25, 0.3) is 0 Å². The molecule has 0 fully saturated rings. The zero-order valence-corrected chi connectivity index (χ0v) is 11.2. The van der Waals surface area contributed by atoms with Crippen molar-refractivity contribution in [1.29, 1.82) is 0 Å². The lowest BCUT2D eigenvalue weighted by atomic mass is 10.3. The number of aliphatic hydroxyl groups is 1. The van der Waals surface area contributed by atoms with Gasteiger partial charge in [-0.25, -0.2) is 9.36 Å². The molecule has 0 rings (SSSR count). The molecule has 2 atom stereocenters. The summed E-state index contributed by atoms with van der Waals surface area (Å²) in [7, 11) is -4.40. The number of carbonyl (C=O) groups is 1. The zero-order valence-electron chi connectivity index (χ0n) is 8.76. The Bertz CT molecular complexity index is 305. The van der Waals surface area contributed by atoms with Crippen LogP contribution in [0.1, 0.15) is 13.3 Å². The highest BCUT2D eigenvalue weighted by Gasteiger charge is 2.27. The van der Waals surface area contributed by atoms with Gasteiger partial charge in [0.05, 0.1) is 6.61 Å². The maximum atomic E-state index is 11.2. The normalized spacial score (nSPS) is 16.2. The molecule has 0 aromatic heterocycles. The van der Waals surface area contributed by atoms with E-state index in [9.17, 15) is 9.36 Å². The summed E-state index contributed by atoms with van der Waals surface area (Å²) in [5.41, 5.74) is 0.00336. The van der Waals surface area contributed by atoms with Gasteiger partial charge in [-0.1, -0.05) is 22.5 Å². The molecule has 0 heterocycles. The summed E-state index contributed by atoms with van der Waals surface area (Å²) in [6.45, 7) is 4.37. The molecule has 0 saturated carbocycles. The Morgan fingerprint density at radius 3 is 2.62 bits per heavy atom. The van der Waals surface area contributed by atoms with Crippen LogP contribution in [-0.2, 0) is 18.4 Å². The quantitative estimate of drug-likeness (QED) is 0.418. The number of alkyl halides is 1. The molecule has 0 bridgehead atoms. The van der Waals surface area contributed by atoms with Crippen LogP contribution in [0, 0.1) is 0 Å². The predicted molar refractivity (Wildman–Crippen MR) is 61.1 cm³/mol. The number of halogens is 1. The van der Waals surface area contributed by atoms with Gasteiger partial charge in [-0.2, -0.15) is 0 Å².